The highest BCUT2D eigenvalue weighted by Gasteiger charge is 2.29. The Bertz CT molecular complexity index is 833. The van der Waals surface area contributed by atoms with Crippen LogP contribution in [0.5, 0.6) is 0 Å². The molecule has 10 heteroatoms. The fourth-order valence-corrected chi connectivity index (χ4v) is 2.79. The first kappa shape index (κ1) is 18.3. The molecule has 24 heavy (non-hydrogen) atoms. The number of thioether (sulfide) groups is 1. The average Bonchev–Trinajstić information content (AvgIpc) is 2.46. The first-order valence-electron chi connectivity index (χ1n) is 6.35. The summed E-state index contributed by atoms with van der Waals surface area (Å²) < 4.78 is 59.0. The predicted octanol–water partition coefficient (Wildman–Crippen LogP) is 3.20. The van der Waals surface area contributed by atoms with E-state index in [-0.39, 0.29) is 27.1 Å². The number of carbonyl (C=O) groups is 1. The molecule has 0 aromatic heterocycles. The quantitative estimate of drug-likeness (QED) is 0.802. The Morgan fingerprint density at radius 3 is 2.00 bits per heavy atom. The van der Waals surface area contributed by atoms with E-state index in [1.807, 2.05) is 0 Å². The molecule has 0 spiro atoms. The number of alkyl halides is 3. The van der Waals surface area contributed by atoms with Crippen LogP contribution in [-0.4, -0.2) is 19.8 Å². The number of hydrogen-bond donors (Lipinski definition) is 2. The van der Waals surface area contributed by atoms with Gasteiger partial charge in [0.05, 0.1) is 4.90 Å². The summed E-state index contributed by atoms with van der Waals surface area (Å²) in [6.45, 7) is 0. The van der Waals surface area contributed by atoms with Crippen LogP contribution < -0.4 is 10.5 Å². The molecule has 0 unspecified atom stereocenters. The maximum Gasteiger partial charge on any atom is 0.446 e. The Hall–Kier alpha value is -2.04. The summed E-state index contributed by atoms with van der Waals surface area (Å²) in [4.78, 5) is 11.9. The van der Waals surface area contributed by atoms with Crippen molar-refractivity contribution in [2.45, 2.75) is 15.3 Å². The minimum absolute atomic E-state index is 0.0310. The van der Waals surface area contributed by atoms with Gasteiger partial charge in [-0.25, -0.2) is 13.6 Å². The van der Waals surface area contributed by atoms with E-state index in [4.69, 9.17) is 5.14 Å². The number of primary sulfonamides is 1. The van der Waals surface area contributed by atoms with Crippen LogP contribution in [-0.2, 0) is 10.0 Å². The zero-order valence-corrected chi connectivity index (χ0v) is 13.5. The van der Waals surface area contributed by atoms with E-state index < -0.39 is 21.4 Å². The van der Waals surface area contributed by atoms with E-state index in [0.29, 0.717) is 5.69 Å². The lowest BCUT2D eigenvalue weighted by Gasteiger charge is -2.08. The maximum absolute atomic E-state index is 12.2. The number of sulfonamides is 1. The van der Waals surface area contributed by atoms with Crippen molar-refractivity contribution in [1.82, 2.24) is 0 Å². The SMILES string of the molecule is NS(=O)(=O)c1ccc(NC(=O)c2ccc(SC(F)(F)F)cc2)cc1. The molecule has 2 aromatic carbocycles. The second-order valence-electron chi connectivity index (χ2n) is 4.60. The standard InChI is InChI=1S/C14H11F3N2O3S2/c15-14(16,17)23-11-5-1-9(2-6-11)13(20)19-10-3-7-12(8-4-10)24(18,21)22/h1-8H,(H,19,20)(H2,18,21,22). The second kappa shape index (κ2) is 6.83. The summed E-state index contributed by atoms with van der Waals surface area (Å²) in [7, 11) is -3.83. The van der Waals surface area contributed by atoms with Crippen LogP contribution in [0.2, 0.25) is 0 Å². The average molecular weight is 376 g/mol. The number of rotatable bonds is 4. The van der Waals surface area contributed by atoms with Gasteiger partial charge in [-0.3, -0.25) is 4.79 Å². The summed E-state index contributed by atoms with van der Waals surface area (Å²) >= 11 is -0.271. The number of benzene rings is 2. The summed E-state index contributed by atoms with van der Waals surface area (Å²) in [5, 5.41) is 7.46. The number of nitrogens with two attached hydrogens (primary N) is 1. The summed E-state index contributed by atoms with van der Waals surface area (Å²) in [5.41, 5.74) is -3.91. The Balaban J connectivity index is 2.07. The van der Waals surface area contributed by atoms with Gasteiger partial charge in [0.25, 0.3) is 5.91 Å². The van der Waals surface area contributed by atoms with Crippen LogP contribution in [0.3, 0.4) is 0 Å². The van der Waals surface area contributed by atoms with Gasteiger partial charge < -0.3 is 5.32 Å². The molecule has 5 nitrogen and oxygen atoms in total. The molecule has 0 bridgehead atoms. The van der Waals surface area contributed by atoms with Gasteiger partial charge in [0.1, 0.15) is 0 Å². The van der Waals surface area contributed by atoms with Gasteiger partial charge >= 0.3 is 5.51 Å². The first-order chi connectivity index (χ1) is 11.0. The second-order valence-corrected chi connectivity index (χ2v) is 7.30. The van der Waals surface area contributed by atoms with E-state index in [0.717, 1.165) is 0 Å². The highest BCUT2D eigenvalue weighted by atomic mass is 32.2. The van der Waals surface area contributed by atoms with E-state index in [2.05, 4.69) is 5.32 Å². The third kappa shape index (κ3) is 5.25. The lowest BCUT2D eigenvalue weighted by atomic mass is 10.2. The molecule has 0 radical (unpaired) electrons. The largest absolute Gasteiger partial charge is 0.446 e. The monoisotopic (exact) mass is 376 g/mol. The van der Waals surface area contributed by atoms with Crippen LogP contribution in [0, 0.1) is 0 Å². The van der Waals surface area contributed by atoms with Crippen LogP contribution in [0.15, 0.2) is 58.3 Å². The van der Waals surface area contributed by atoms with E-state index in [1.165, 1.54) is 48.5 Å². The topological polar surface area (TPSA) is 89.3 Å². The molecule has 0 aliphatic rings. The minimum atomic E-state index is -4.39. The van der Waals surface area contributed by atoms with Gasteiger partial charge in [0.15, 0.2) is 0 Å². The van der Waals surface area contributed by atoms with E-state index in [1.54, 1.807) is 0 Å². The number of halogens is 3. The van der Waals surface area contributed by atoms with Crippen molar-refractivity contribution >= 4 is 33.4 Å². The first-order valence-corrected chi connectivity index (χ1v) is 8.71. The molecule has 1 amide bonds. The molecule has 0 heterocycles. The molecule has 0 saturated heterocycles. The van der Waals surface area contributed by atoms with Crippen molar-refractivity contribution in [2.75, 3.05) is 5.32 Å². The normalized spacial score (nSPS) is 12.0. The molecule has 2 aromatic rings. The summed E-state index contributed by atoms with van der Waals surface area (Å²) in [6, 6.07) is 10.1. The zero-order chi connectivity index (χ0) is 18.0. The molecule has 0 fully saturated rings. The van der Waals surface area contributed by atoms with Crippen molar-refractivity contribution in [3.63, 3.8) is 0 Å². The Morgan fingerprint density at radius 1 is 1.00 bits per heavy atom. The van der Waals surface area contributed by atoms with Crippen LogP contribution in [0.25, 0.3) is 0 Å². The third-order valence-electron chi connectivity index (χ3n) is 2.79. The number of hydrogen-bond acceptors (Lipinski definition) is 4. The van der Waals surface area contributed by atoms with Gasteiger partial charge in [-0.15, -0.1) is 0 Å². The van der Waals surface area contributed by atoms with Gasteiger partial charge in [-0.05, 0) is 60.3 Å². The van der Waals surface area contributed by atoms with E-state index >= 15 is 0 Å². The molecule has 128 valence electrons. The fourth-order valence-electron chi connectivity index (χ4n) is 1.74. The van der Waals surface area contributed by atoms with Crippen molar-refractivity contribution < 1.29 is 26.4 Å². The van der Waals surface area contributed by atoms with Crippen LogP contribution in [0.4, 0.5) is 18.9 Å². The predicted molar refractivity (Wildman–Crippen MR) is 84.1 cm³/mol. The lowest BCUT2D eigenvalue weighted by molar-refractivity contribution is -0.0328. The smallest absolute Gasteiger partial charge is 0.322 e. The van der Waals surface area contributed by atoms with Gasteiger partial charge in [-0.1, -0.05) is 0 Å². The Morgan fingerprint density at radius 2 is 1.54 bits per heavy atom. The third-order valence-corrected chi connectivity index (χ3v) is 4.46. The van der Waals surface area contributed by atoms with Crippen molar-refractivity contribution in [3.8, 4) is 0 Å². The van der Waals surface area contributed by atoms with Crippen LogP contribution >= 0.6 is 11.8 Å². The molecule has 3 N–H and O–H groups in total. The van der Waals surface area contributed by atoms with Gasteiger partial charge in [-0.2, -0.15) is 13.2 Å². The van der Waals surface area contributed by atoms with Crippen molar-refractivity contribution in [2.24, 2.45) is 5.14 Å². The lowest BCUT2D eigenvalue weighted by Crippen LogP contribution is -2.13. The minimum Gasteiger partial charge on any atom is -0.322 e. The zero-order valence-electron chi connectivity index (χ0n) is 11.9. The van der Waals surface area contributed by atoms with Crippen molar-refractivity contribution in [3.05, 3.63) is 54.1 Å². The Kier molecular flexibility index (Phi) is 5.21. The van der Waals surface area contributed by atoms with Gasteiger partial charge in [0, 0.05) is 16.1 Å². The number of amides is 1. The maximum atomic E-state index is 12.2. The van der Waals surface area contributed by atoms with Crippen LogP contribution in [0.1, 0.15) is 10.4 Å². The Labute approximate surface area is 140 Å². The van der Waals surface area contributed by atoms with E-state index in [9.17, 15) is 26.4 Å². The molecule has 0 aliphatic carbocycles. The van der Waals surface area contributed by atoms with Crippen molar-refractivity contribution in [1.29, 1.82) is 0 Å². The molecular weight excluding hydrogens is 365 g/mol. The summed E-state index contributed by atoms with van der Waals surface area (Å²) in [6.07, 6.45) is 0. The molecular formula is C14H11F3N2O3S2. The number of nitrogens with one attached hydrogen (secondary N) is 1. The highest BCUT2D eigenvalue weighted by Crippen LogP contribution is 2.36. The fraction of sp³-hybridized carbons (Fsp3) is 0.0714. The molecule has 0 aliphatic heterocycles. The number of anilines is 1. The molecule has 0 saturated carbocycles. The number of carbonyl (C=O) groups excluding carboxylic acids is 1. The van der Waals surface area contributed by atoms with Gasteiger partial charge in [0.2, 0.25) is 10.0 Å². The highest BCUT2D eigenvalue weighted by molar-refractivity contribution is 8.00. The molecule has 2 rings (SSSR count). The summed E-state index contributed by atoms with van der Waals surface area (Å²) in [5.74, 6) is -0.540. The molecule has 0 atom stereocenters.